The predicted octanol–water partition coefficient (Wildman–Crippen LogP) is 7.01. The summed E-state index contributed by atoms with van der Waals surface area (Å²) in [6.07, 6.45) is 9.64. The van der Waals surface area contributed by atoms with Crippen LogP contribution in [0.2, 0.25) is 0 Å². The molecular formula is C31H27N3. The topological polar surface area (TPSA) is 34.2 Å². The molecule has 1 aliphatic rings. The first-order chi connectivity index (χ1) is 16.7. The Bertz CT molecular complexity index is 1600. The number of allylic oxidation sites excluding steroid dienone is 2. The number of likely N-dealkylation sites (N-methyl/N-ethyl adjacent to an activating group) is 1. The zero-order valence-electron chi connectivity index (χ0n) is 19.2. The largest absolute Gasteiger partial charge is 0.383 e. The molecule has 1 atom stereocenters. The summed E-state index contributed by atoms with van der Waals surface area (Å²) in [5.41, 5.74) is 11.5. The second kappa shape index (κ2) is 8.27. The number of benzene rings is 4. The molecule has 4 aromatic carbocycles. The Kier molecular flexibility index (Phi) is 4.96. The van der Waals surface area contributed by atoms with Gasteiger partial charge in [-0.3, -0.25) is 4.57 Å². The van der Waals surface area contributed by atoms with Gasteiger partial charge in [0.2, 0.25) is 0 Å². The molecule has 1 unspecified atom stereocenters. The zero-order chi connectivity index (χ0) is 23.1. The Hall–Kier alpha value is -4.24. The van der Waals surface area contributed by atoms with Gasteiger partial charge < -0.3 is 10.6 Å². The molecule has 2 N–H and O–H groups in total. The average molecular weight is 442 g/mol. The van der Waals surface area contributed by atoms with Crippen molar-refractivity contribution in [2.75, 3.05) is 7.05 Å². The molecule has 3 nitrogen and oxygen atoms in total. The maximum Gasteiger partial charge on any atom is 0.133 e. The van der Waals surface area contributed by atoms with Crippen LogP contribution >= 0.6 is 0 Å². The molecule has 166 valence electrons. The second-order valence-electron chi connectivity index (χ2n) is 8.90. The fraction of sp³-hybridized carbons (Fsp3) is 0.0968. The maximum atomic E-state index is 7.16. The summed E-state index contributed by atoms with van der Waals surface area (Å²) < 4.78 is 2.23. The highest BCUT2D eigenvalue weighted by Gasteiger charge is 2.22. The lowest BCUT2D eigenvalue weighted by atomic mass is 10.0. The zero-order valence-corrected chi connectivity index (χ0v) is 19.2. The molecule has 6 rings (SSSR count). The van der Waals surface area contributed by atoms with Gasteiger partial charge in [0, 0.05) is 23.4 Å². The van der Waals surface area contributed by atoms with E-state index in [9.17, 15) is 0 Å². The summed E-state index contributed by atoms with van der Waals surface area (Å²) in [5, 5.41) is 4.87. The van der Waals surface area contributed by atoms with Crippen LogP contribution in [0.3, 0.4) is 0 Å². The van der Waals surface area contributed by atoms with Crippen LogP contribution in [0, 0.1) is 0 Å². The highest BCUT2D eigenvalue weighted by atomic mass is 15.2. The molecule has 1 aromatic heterocycles. The Morgan fingerprint density at radius 3 is 2.26 bits per heavy atom. The van der Waals surface area contributed by atoms with Crippen molar-refractivity contribution in [1.82, 2.24) is 9.47 Å². The molecule has 0 fully saturated rings. The number of rotatable bonds is 4. The van der Waals surface area contributed by atoms with E-state index in [1.54, 1.807) is 0 Å². The van der Waals surface area contributed by atoms with Crippen LogP contribution in [0.5, 0.6) is 0 Å². The number of hydrogen-bond donors (Lipinski definition) is 1. The summed E-state index contributed by atoms with van der Waals surface area (Å²) in [5.74, 6) is 0.734. The van der Waals surface area contributed by atoms with Gasteiger partial charge >= 0.3 is 0 Å². The van der Waals surface area contributed by atoms with Crippen molar-refractivity contribution in [2.24, 2.45) is 5.73 Å². The van der Waals surface area contributed by atoms with Crippen molar-refractivity contribution >= 4 is 44.1 Å². The van der Waals surface area contributed by atoms with E-state index in [2.05, 4.69) is 126 Å². The average Bonchev–Trinajstić information content (AvgIpc) is 3.21. The van der Waals surface area contributed by atoms with Gasteiger partial charge in [-0.2, -0.15) is 0 Å². The third-order valence-corrected chi connectivity index (χ3v) is 6.88. The first-order valence-corrected chi connectivity index (χ1v) is 11.8. The third kappa shape index (κ3) is 3.29. The number of nitrogens with zero attached hydrogens (tertiary/aromatic N) is 2. The number of aromatic nitrogens is 1. The number of para-hydroxylation sites is 1. The fourth-order valence-electron chi connectivity index (χ4n) is 5.17. The van der Waals surface area contributed by atoms with Crippen LogP contribution in [0.25, 0.3) is 44.1 Å². The van der Waals surface area contributed by atoms with Crippen LogP contribution in [0.4, 0.5) is 0 Å². The molecule has 1 aliphatic carbocycles. The molecule has 0 radical (unpaired) electrons. The number of nitrogens with two attached hydrogens (primary N) is 1. The fourth-order valence-corrected chi connectivity index (χ4v) is 5.17. The lowest BCUT2D eigenvalue weighted by Gasteiger charge is -2.32. The van der Waals surface area contributed by atoms with Crippen molar-refractivity contribution in [3.05, 3.63) is 121 Å². The third-order valence-electron chi connectivity index (χ3n) is 6.88. The van der Waals surface area contributed by atoms with E-state index in [0.717, 1.165) is 34.5 Å². The summed E-state index contributed by atoms with van der Waals surface area (Å²) in [6, 6.07) is 32.4. The van der Waals surface area contributed by atoms with Gasteiger partial charge in [-0.25, -0.2) is 0 Å². The van der Waals surface area contributed by atoms with E-state index in [4.69, 9.17) is 5.73 Å². The van der Waals surface area contributed by atoms with Gasteiger partial charge in [-0.05, 0) is 35.4 Å². The highest BCUT2D eigenvalue weighted by molar-refractivity contribution is 6.14. The molecule has 1 heterocycles. The highest BCUT2D eigenvalue weighted by Crippen LogP contribution is 2.36. The predicted molar refractivity (Wildman–Crippen MR) is 145 cm³/mol. The molecule has 0 amide bonds. The minimum absolute atomic E-state index is 0.243. The Labute approximate surface area is 199 Å². The van der Waals surface area contributed by atoms with Gasteiger partial charge in [-0.1, -0.05) is 97.1 Å². The standard InChI is InChI=1S/C31H27N3/c1-33(25-16-6-3-7-17-25)30(22-12-4-2-5-13-22)31(32)34-28-19-11-10-18-26(28)27-20-23-14-8-9-15-24(23)21-29(27)34/h2-16,18-21,25H,17,32H2,1H3/b31-30+. The number of hydrogen-bond acceptors (Lipinski definition) is 2. The van der Waals surface area contributed by atoms with Crippen LogP contribution in [-0.2, 0) is 0 Å². The van der Waals surface area contributed by atoms with Crippen LogP contribution < -0.4 is 5.73 Å². The van der Waals surface area contributed by atoms with Crippen molar-refractivity contribution in [2.45, 2.75) is 12.5 Å². The van der Waals surface area contributed by atoms with E-state index in [1.807, 2.05) is 6.07 Å². The summed E-state index contributed by atoms with van der Waals surface area (Å²) in [4.78, 5) is 2.31. The quantitative estimate of drug-likeness (QED) is 0.326. The molecule has 34 heavy (non-hydrogen) atoms. The van der Waals surface area contributed by atoms with Crippen molar-refractivity contribution in [3.63, 3.8) is 0 Å². The van der Waals surface area contributed by atoms with Gasteiger partial charge in [0.25, 0.3) is 0 Å². The van der Waals surface area contributed by atoms with Crippen LogP contribution in [0.15, 0.2) is 115 Å². The molecular weight excluding hydrogens is 414 g/mol. The van der Waals surface area contributed by atoms with E-state index >= 15 is 0 Å². The lowest BCUT2D eigenvalue weighted by molar-refractivity contribution is 0.405. The second-order valence-corrected chi connectivity index (χ2v) is 8.90. The molecule has 0 aliphatic heterocycles. The van der Waals surface area contributed by atoms with Gasteiger partial charge in [0.15, 0.2) is 0 Å². The molecule has 3 heteroatoms. The minimum atomic E-state index is 0.243. The van der Waals surface area contributed by atoms with E-state index in [0.29, 0.717) is 0 Å². The molecule has 0 saturated carbocycles. The Morgan fingerprint density at radius 1 is 0.794 bits per heavy atom. The van der Waals surface area contributed by atoms with Crippen molar-refractivity contribution < 1.29 is 0 Å². The SMILES string of the molecule is CN(/C(=C(\N)n1c2ccccc2c2cc3ccccc3cc21)c1ccccc1)C1C=CC=CC1. The van der Waals surface area contributed by atoms with Crippen LogP contribution in [-0.4, -0.2) is 22.6 Å². The summed E-state index contributed by atoms with van der Waals surface area (Å²) in [7, 11) is 2.15. The first-order valence-electron chi connectivity index (χ1n) is 11.8. The lowest BCUT2D eigenvalue weighted by Crippen LogP contribution is -2.31. The Morgan fingerprint density at radius 2 is 1.50 bits per heavy atom. The molecule has 0 saturated heterocycles. The maximum absolute atomic E-state index is 7.16. The van der Waals surface area contributed by atoms with Crippen molar-refractivity contribution in [1.29, 1.82) is 0 Å². The smallest absolute Gasteiger partial charge is 0.133 e. The van der Waals surface area contributed by atoms with Gasteiger partial charge in [-0.15, -0.1) is 0 Å². The number of fused-ring (bicyclic) bond motifs is 4. The van der Waals surface area contributed by atoms with Gasteiger partial charge in [0.05, 0.1) is 22.8 Å². The van der Waals surface area contributed by atoms with Crippen molar-refractivity contribution in [3.8, 4) is 0 Å². The van der Waals surface area contributed by atoms with E-state index < -0.39 is 0 Å². The Balaban J connectivity index is 1.68. The minimum Gasteiger partial charge on any atom is -0.383 e. The van der Waals surface area contributed by atoms with E-state index in [-0.39, 0.29) is 6.04 Å². The first kappa shape index (κ1) is 20.4. The van der Waals surface area contributed by atoms with Gasteiger partial charge in [0.1, 0.15) is 5.82 Å². The summed E-state index contributed by atoms with van der Waals surface area (Å²) in [6.45, 7) is 0. The normalized spacial score (nSPS) is 16.3. The monoisotopic (exact) mass is 441 g/mol. The van der Waals surface area contributed by atoms with Crippen LogP contribution in [0.1, 0.15) is 12.0 Å². The molecule has 5 aromatic rings. The van der Waals surface area contributed by atoms with E-state index in [1.165, 1.54) is 21.5 Å². The molecule has 0 bridgehead atoms. The summed E-state index contributed by atoms with van der Waals surface area (Å²) >= 11 is 0. The molecule has 0 spiro atoms.